The van der Waals surface area contributed by atoms with Crippen molar-refractivity contribution in [2.24, 2.45) is 0 Å². The minimum atomic E-state index is -1.05. The monoisotopic (exact) mass is 264 g/mol. The van der Waals surface area contributed by atoms with Gasteiger partial charge >= 0.3 is 5.97 Å². The lowest BCUT2D eigenvalue weighted by Crippen LogP contribution is -1.96. The molecule has 4 nitrogen and oxygen atoms in total. The molecule has 1 N–H and O–H groups in total. The smallest absolute Gasteiger partial charge is 0.339 e. The van der Waals surface area contributed by atoms with Gasteiger partial charge in [-0.1, -0.05) is 6.07 Å². The maximum absolute atomic E-state index is 13.3. The van der Waals surface area contributed by atoms with E-state index >= 15 is 0 Å². The van der Waals surface area contributed by atoms with E-state index < -0.39 is 5.97 Å². The molecule has 0 spiro atoms. The van der Waals surface area contributed by atoms with Crippen LogP contribution in [0.3, 0.4) is 0 Å². The minimum Gasteiger partial charge on any atom is -0.486 e. The van der Waals surface area contributed by atoms with Crippen molar-refractivity contribution < 1.29 is 23.4 Å². The highest BCUT2D eigenvalue weighted by atomic mass is 19.1. The van der Waals surface area contributed by atoms with Gasteiger partial charge in [-0.15, -0.1) is 0 Å². The summed E-state index contributed by atoms with van der Waals surface area (Å²) in [5.41, 5.74) is 0.642. The van der Waals surface area contributed by atoms with Crippen LogP contribution in [-0.2, 0) is 6.61 Å². The number of halogens is 1. The topological polar surface area (TPSA) is 59.7 Å². The summed E-state index contributed by atoms with van der Waals surface area (Å²) in [6.45, 7) is 3.28. The van der Waals surface area contributed by atoms with E-state index in [2.05, 4.69) is 0 Å². The first-order valence-corrected chi connectivity index (χ1v) is 5.69. The molecule has 2 rings (SSSR count). The molecule has 0 saturated carbocycles. The number of furan rings is 1. The lowest BCUT2D eigenvalue weighted by atomic mass is 10.2. The van der Waals surface area contributed by atoms with Crippen LogP contribution >= 0.6 is 0 Å². The number of carbonyl (C=O) groups is 1. The Morgan fingerprint density at radius 2 is 2.11 bits per heavy atom. The summed E-state index contributed by atoms with van der Waals surface area (Å²) < 4.78 is 23.9. The molecule has 0 unspecified atom stereocenters. The van der Waals surface area contributed by atoms with Crippen LogP contribution < -0.4 is 4.74 Å². The van der Waals surface area contributed by atoms with Gasteiger partial charge in [-0.25, -0.2) is 9.18 Å². The maximum atomic E-state index is 13.3. The van der Waals surface area contributed by atoms with Gasteiger partial charge in [0.25, 0.3) is 0 Å². The highest BCUT2D eigenvalue weighted by Gasteiger charge is 2.14. The number of benzene rings is 1. The lowest BCUT2D eigenvalue weighted by Gasteiger charge is -2.05. The van der Waals surface area contributed by atoms with Crippen LogP contribution in [-0.4, -0.2) is 11.1 Å². The summed E-state index contributed by atoms with van der Waals surface area (Å²) >= 11 is 0. The van der Waals surface area contributed by atoms with Crippen LogP contribution in [0.1, 0.15) is 27.4 Å². The molecule has 0 aliphatic rings. The number of ether oxygens (including phenoxy) is 1. The van der Waals surface area contributed by atoms with Gasteiger partial charge in [-0.05, 0) is 31.5 Å². The van der Waals surface area contributed by atoms with Gasteiger partial charge in [0.05, 0.1) is 0 Å². The van der Waals surface area contributed by atoms with Crippen LogP contribution in [0.15, 0.2) is 28.7 Å². The molecular formula is C14H13FO4. The number of aromatic carboxylic acids is 1. The summed E-state index contributed by atoms with van der Waals surface area (Å²) in [7, 11) is 0. The van der Waals surface area contributed by atoms with E-state index in [0.29, 0.717) is 22.8 Å². The SMILES string of the molecule is Cc1ccc(OCc2cc(C(=O)O)c(C)o2)cc1F. The molecule has 0 bridgehead atoms. The van der Waals surface area contributed by atoms with Crippen molar-refractivity contribution in [2.45, 2.75) is 20.5 Å². The summed E-state index contributed by atoms with van der Waals surface area (Å²) in [4.78, 5) is 10.8. The molecule has 1 heterocycles. The zero-order valence-electron chi connectivity index (χ0n) is 10.6. The van der Waals surface area contributed by atoms with Crippen LogP contribution in [0.25, 0.3) is 0 Å². The van der Waals surface area contributed by atoms with Gasteiger partial charge in [0, 0.05) is 6.07 Å². The molecule has 0 atom stereocenters. The second-order valence-corrected chi connectivity index (χ2v) is 4.19. The molecule has 0 aliphatic carbocycles. The first kappa shape index (κ1) is 13.1. The Bertz CT molecular complexity index is 616. The Morgan fingerprint density at radius 1 is 1.37 bits per heavy atom. The van der Waals surface area contributed by atoms with Gasteiger partial charge in [0.1, 0.15) is 35.3 Å². The third-order valence-electron chi connectivity index (χ3n) is 2.72. The summed E-state index contributed by atoms with van der Waals surface area (Å²) in [5.74, 6) is -0.320. The van der Waals surface area contributed by atoms with E-state index in [1.54, 1.807) is 26.0 Å². The van der Waals surface area contributed by atoms with Gasteiger partial charge in [0.15, 0.2) is 0 Å². The minimum absolute atomic E-state index is 0.0522. The predicted octanol–water partition coefficient (Wildman–Crippen LogP) is 3.31. The molecule has 2 aromatic rings. The first-order chi connectivity index (χ1) is 8.97. The Morgan fingerprint density at radius 3 is 2.68 bits per heavy atom. The van der Waals surface area contributed by atoms with Crippen molar-refractivity contribution >= 4 is 5.97 Å². The third kappa shape index (κ3) is 2.93. The molecule has 0 radical (unpaired) electrons. The van der Waals surface area contributed by atoms with E-state index in [9.17, 15) is 9.18 Å². The van der Waals surface area contributed by atoms with Gasteiger partial charge in [-0.3, -0.25) is 0 Å². The molecule has 1 aromatic carbocycles. The van der Waals surface area contributed by atoms with Crippen LogP contribution in [0.4, 0.5) is 4.39 Å². The van der Waals surface area contributed by atoms with E-state index in [-0.39, 0.29) is 18.0 Å². The Balaban J connectivity index is 2.08. The van der Waals surface area contributed by atoms with Gasteiger partial charge < -0.3 is 14.3 Å². The average molecular weight is 264 g/mol. The maximum Gasteiger partial charge on any atom is 0.339 e. The van der Waals surface area contributed by atoms with Crippen molar-refractivity contribution in [3.63, 3.8) is 0 Å². The fourth-order valence-electron chi connectivity index (χ4n) is 1.64. The van der Waals surface area contributed by atoms with Crippen molar-refractivity contribution in [1.29, 1.82) is 0 Å². The zero-order valence-corrected chi connectivity index (χ0v) is 10.6. The molecule has 0 saturated heterocycles. The highest BCUT2D eigenvalue weighted by molar-refractivity contribution is 5.88. The van der Waals surface area contributed by atoms with E-state index in [4.69, 9.17) is 14.3 Å². The van der Waals surface area contributed by atoms with Crippen molar-refractivity contribution in [1.82, 2.24) is 0 Å². The fraction of sp³-hybridized carbons (Fsp3) is 0.214. The molecule has 5 heteroatoms. The summed E-state index contributed by atoms with van der Waals surface area (Å²) in [6, 6.07) is 5.94. The molecule has 19 heavy (non-hydrogen) atoms. The van der Waals surface area contributed by atoms with Crippen LogP contribution in [0, 0.1) is 19.7 Å². The standard InChI is InChI=1S/C14H13FO4/c1-8-3-4-10(6-13(8)15)18-7-11-5-12(14(16)17)9(2)19-11/h3-6H,7H2,1-2H3,(H,16,17). The van der Waals surface area contributed by atoms with Crippen LogP contribution in [0.5, 0.6) is 5.75 Å². The number of rotatable bonds is 4. The molecule has 0 amide bonds. The van der Waals surface area contributed by atoms with E-state index in [1.165, 1.54) is 12.1 Å². The third-order valence-corrected chi connectivity index (χ3v) is 2.72. The number of hydrogen-bond donors (Lipinski definition) is 1. The molecular weight excluding hydrogens is 251 g/mol. The van der Waals surface area contributed by atoms with Crippen molar-refractivity contribution in [3.05, 3.63) is 52.7 Å². The van der Waals surface area contributed by atoms with E-state index in [0.717, 1.165) is 0 Å². The zero-order chi connectivity index (χ0) is 14.0. The van der Waals surface area contributed by atoms with Gasteiger partial charge in [-0.2, -0.15) is 0 Å². The molecule has 0 fully saturated rings. The molecule has 100 valence electrons. The Hall–Kier alpha value is -2.30. The average Bonchev–Trinajstić information content (AvgIpc) is 2.72. The number of aryl methyl sites for hydroxylation is 2. The van der Waals surface area contributed by atoms with E-state index in [1.807, 2.05) is 0 Å². The lowest BCUT2D eigenvalue weighted by molar-refractivity contribution is 0.0695. The van der Waals surface area contributed by atoms with Crippen LogP contribution in [0.2, 0.25) is 0 Å². The normalized spacial score (nSPS) is 10.5. The van der Waals surface area contributed by atoms with Crippen molar-refractivity contribution in [3.8, 4) is 5.75 Å². The predicted molar refractivity (Wildman–Crippen MR) is 65.9 cm³/mol. The summed E-state index contributed by atoms with van der Waals surface area (Å²) in [5, 5.41) is 8.88. The first-order valence-electron chi connectivity index (χ1n) is 5.69. The Kier molecular flexibility index (Phi) is 3.55. The number of carboxylic acids is 1. The molecule has 1 aromatic heterocycles. The summed E-state index contributed by atoms with van der Waals surface area (Å²) in [6.07, 6.45) is 0. The Labute approximate surface area is 109 Å². The molecule has 0 aliphatic heterocycles. The second-order valence-electron chi connectivity index (χ2n) is 4.19. The van der Waals surface area contributed by atoms with Gasteiger partial charge in [0.2, 0.25) is 0 Å². The number of hydrogen-bond acceptors (Lipinski definition) is 3. The number of carboxylic acid groups (broad SMARTS) is 1. The highest BCUT2D eigenvalue weighted by Crippen LogP contribution is 2.19. The fourth-order valence-corrected chi connectivity index (χ4v) is 1.64. The largest absolute Gasteiger partial charge is 0.486 e. The quantitative estimate of drug-likeness (QED) is 0.920. The van der Waals surface area contributed by atoms with Crippen molar-refractivity contribution in [2.75, 3.05) is 0 Å². The second kappa shape index (κ2) is 5.14.